The molecular formula is C21H23NO4S. The zero-order chi connectivity index (χ0) is 19.3. The van der Waals surface area contributed by atoms with E-state index in [9.17, 15) is 14.7 Å². The van der Waals surface area contributed by atoms with Gasteiger partial charge in [-0.25, -0.2) is 4.79 Å². The minimum Gasteiger partial charge on any atom is -0.481 e. The summed E-state index contributed by atoms with van der Waals surface area (Å²) in [5.74, 6) is 0.638. The van der Waals surface area contributed by atoms with E-state index in [-0.39, 0.29) is 0 Å². The Morgan fingerprint density at radius 2 is 1.63 bits per heavy atom. The topological polar surface area (TPSA) is 75.6 Å². The van der Waals surface area contributed by atoms with Crippen LogP contribution in [0.1, 0.15) is 19.8 Å². The molecule has 1 heterocycles. The third-order valence-electron chi connectivity index (χ3n) is 4.76. The highest BCUT2D eigenvalue weighted by molar-refractivity contribution is 7.99. The molecule has 27 heavy (non-hydrogen) atoms. The molecule has 6 heteroatoms. The molecule has 142 valence electrons. The van der Waals surface area contributed by atoms with Gasteiger partial charge < -0.3 is 15.2 Å². The molecule has 0 spiro atoms. The van der Waals surface area contributed by atoms with E-state index in [2.05, 4.69) is 5.32 Å². The van der Waals surface area contributed by atoms with Gasteiger partial charge in [-0.05, 0) is 54.5 Å². The Bertz CT molecular complexity index is 786. The van der Waals surface area contributed by atoms with Gasteiger partial charge >= 0.3 is 5.97 Å². The second-order valence-electron chi connectivity index (χ2n) is 6.64. The number of nitrogens with one attached hydrogen (secondary N) is 1. The highest BCUT2D eigenvalue weighted by Crippen LogP contribution is 2.28. The van der Waals surface area contributed by atoms with Gasteiger partial charge in [-0.15, -0.1) is 0 Å². The summed E-state index contributed by atoms with van der Waals surface area (Å²) in [4.78, 5) is 24.2. The van der Waals surface area contributed by atoms with E-state index in [0.29, 0.717) is 18.6 Å². The van der Waals surface area contributed by atoms with Gasteiger partial charge in [0.1, 0.15) is 11.3 Å². The van der Waals surface area contributed by atoms with E-state index in [4.69, 9.17) is 4.74 Å². The van der Waals surface area contributed by atoms with Crippen LogP contribution in [0.25, 0.3) is 11.1 Å². The zero-order valence-corrected chi connectivity index (χ0v) is 16.0. The molecule has 2 N–H and O–H groups in total. The molecule has 1 amide bonds. The maximum absolute atomic E-state index is 12.5. The molecule has 0 saturated carbocycles. The number of benzene rings is 2. The van der Waals surface area contributed by atoms with Gasteiger partial charge in [0.25, 0.3) is 5.91 Å². The molecule has 2 aromatic rings. The fourth-order valence-electron chi connectivity index (χ4n) is 3.06. The normalized spacial score (nSPS) is 16.9. The van der Waals surface area contributed by atoms with Crippen LogP contribution in [0.5, 0.6) is 5.75 Å². The molecule has 1 aliphatic heterocycles. The maximum atomic E-state index is 12.5. The van der Waals surface area contributed by atoms with Crippen molar-refractivity contribution in [3.8, 4) is 16.9 Å². The molecular weight excluding hydrogens is 362 g/mol. The number of carboxylic acids is 1. The van der Waals surface area contributed by atoms with Gasteiger partial charge in [0.15, 0.2) is 6.10 Å². The predicted octanol–water partition coefficient (Wildman–Crippen LogP) is 3.59. The number of carboxylic acid groups (broad SMARTS) is 1. The lowest BCUT2D eigenvalue weighted by Crippen LogP contribution is -2.58. The molecule has 0 aromatic heterocycles. The number of carbonyl (C=O) groups is 2. The van der Waals surface area contributed by atoms with Crippen molar-refractivity contribution in [1.29, 1.82) is 0 Å². The molecule has 1 saturated heterocycles. The second kappa shape index (κ2) is 8.48. The van der Waals surface area contributed by atoms with Crippen molar-refractivity contribution in [1.82, 2.24) is 5.32 Å². The van der Waals surface area contributed by atoms with E-state index in [1.807, 2.05) is 54.6 Å². The number of amides is 1. The summed E-state index contributed by atoms with van der Waals surface area (Å²) in [6.07, 6.45) is 0.0763. The lowest BCUT2D eigenvalue weighted by molar-refractivity contribution is -0.149. The Morgan fingerprint density at radius 3 is 2.22 bits per heavy atom. The van der Waals surface area contributed by atoms with Gasteiger partial charge in [-0.3, -0.25) is 4.79 Å². The number of hydrogen-bond donors (Lipinski definition) is 2. The van der Waals surface area contributed by atoms with E-state index < -0.39 is 23.5 Å². The lowest BCUT2D eigenvalue weighted by atomic mass is 9.92. The summed E-state index contributed by atoms with van der Waals surface area (Å²) in [6, 6.07) is 17.5. The van der Waals surface area contributed by atoms with Crippen LogP contribution in [-0.4, -0.2) is 40.1 Å². The van der Waals surface area contributed by atoms with Crippen molar-refractivity contribution in [3.05, 3.63) is 54.6 Å². The van der Waals surface area contributed by atoms with Crippen LogP contribution >= 0.6 is 11.8 Å². The summed E-state index contributed by atoms with van der Waals surface area (Å²) in [7, 11) is 0. The monoisotopic (exact) mass is 385 g/mol. The molecule has 1 fully saturated rings. The largest absolute Gasteiger partial charge is 0.481 e. The number of hydrogen-bond acceptors (Lipinski definition) is 4. The smallest absolute Gasteiger partial charge is 0.329 e. The summed E-state index contributed by atoms with van der Waals surface area (Å²) in [6.45, 7) is 1.63. The Hall–Kier alpha value is -2.47. The highest BCUT2D eigenvalue weighted by Gasteiger charge is 2.42. The molecule has 1 unspecified atom stereocenters. The number of rotatable bonds is 6. The standard InChI is InChI=1S/C21H23NO4S/c1-15(19(23)22-21(20(24)25)11-13-27-14-12-21)26-18-9-7-17(8-10-18)16-5-3-2-4-6-16/h2-10,15H,11-14H2,1H3,(H,22,23)(H,24,25). The molecule has 0 aliphatic carbocycles. The first-order valence-electron chi connectivity index (χ1n) is 8.95. The first-order chi connectivity index (χ1) is 13.0. The third kappa shape index (κ3) is 4.63. The fraction of sp³-hybridized carbons (Fsp3) is 0.333. The third-order valence-corrected chi connectivity index (χ3v) is 5.75. The van der Waals surface area contributed by atoms with Crippen molar-refractivity contribution in [2.45, 2.75) is 31.4 Å². The van der Waals surface area contributed by atoms with E-state index in [0.717, 1.165) is 22.6 Å². The fourth-order valence-corrected chi connectivity index (χ4v) is 4.25. The Labute approximate surface area is 163 Å². The molecule has 3 rings (SSSR count). The Balaban J connectivity index is 1.63. The van der Waals surface area contributed by atoms with Crippen LogP contribution in [0, 0.1) is 0 Å². The molecule has 1 atom stereocenters. The molecule has 0 bridgehead atoms. The van der Waals surface area contributed by atoms with Crippen molar-refractivity contribution >= 4 is 23.6 Å². The van der Waals surface area contributed by atoms with Gasteiger partial charge in [0, 0.05) is 0 Å². The number of ether oxygens (including phenoxy) is 1. The molecule has 5 nitrogen and oxygen atoms in total. The van der Waals surface area contributed by atoms with E-state index in [1.54, 1.807) is 18.7 Å². The van der Waals surface area contributed by atoms with Crippen LogP contribution in [0.4, 0.5) is 0 Å². The lowest BCUT2D eigenvalue weighted by Gasteiger charge is -2.34. The summed E-state index contributed by atoms with van der Waals surface area (Å²) in [5, 5.41) is 12.3. The SMILES string of the molecule is CC(Oc1ccc(-c2ccccc2)cc1)C(=O)NC1(C(=O)O)CCSCC1. The first kappa shape index (κ1) is 19.3. The second-order valence-corrected chi connectivity index (χ2v) is 7.86. The van der Waals surface area contributed by atoms with Crippen LogP contribution in [0.15, 0.2) is 54.6 Å². The Kier molecular flexibility index (Phi) is 6.06. The minimum atomic E-state index is -1.18. The summed E-state index contributed by atoms with van der Waals surface area (Å²) >= 11 is 1.71. The predicted molar refractivity (Wildman–Crippen MR) is 107 cm³/mol. The van der Waals surface area contributed by atoms with Crippen LogP contribution in [0.3, 0.4) is 0 Å². The van der Waals surface area contributed by atoms with E-state index in [1.165, 1.54) is 0 Å². The van der Waals surface area contributed by atoms with Crippen molar-refractivity contribution in [2.24, 2.45) is 0 Å². The average Bonchev–Trinajstić information content (AvgIpc) is 2.70. The number of aliphatic carboxylic acids is 1. The highest BCUT2D eigenvalue weighted by atomic mass is 32.2. The van der Waals surface area contributed by atoms with Crippen molar-refractivity contribution in [2.75, 3.05) is 11.5 Å². The molecule has 1 aliphatic rings. The minimum absolute atomic E-state index is 0.406. The van der Waals surface area contributed by atoms with Gasteiger partial charge in [-0.2, -0.15) is 11.8 Å². The average molecular weight is 385 g/mol. The quantitative estimate of drug-likeness (QED) is 0.795. The van der Waals surface area contributed by atoms with Crippen LogP contribution < -0.4 is 10.1 Å². The van der Waals surface area contributed by atoms with Gasteiger partial charge in [0.2, 0.25) is 0 Å². The number of thioether (sulfide) groups is 1. The zero-order valence-electron chi connectivity index (χ0n) is 15.2. The molecule has 0 radical (unpaired) electrons. The van der Waals surface area contributed by atoms with Crippen molar-refractivity contribution in [3.63, 3.8) is 0 Å². The van der Waals surface area contributed by atoms with Gasteiger partial charge in [-0.1, -0.05) is 42.5 Å². The van der Waals surface area contributed by atoms with Crippen LogP contribution in [-0.2, 0) is 9.59 Å². The maximum Gasteiger partial charge on any atom is 0.329 e. The van der Waals surface area contributed by atoms with E-state index >= 15 is 0 Å². The summed E-state index contributed by atoms with van der Waals surface area (Å²) < 4.78 is 5.72. The summed E-state index contributed by atoms with van der Waals surface area (Å²) in [5.41, 5.74) is 0.981. The molecule has 2 aromatic carbocycles. The Morgan fingerprint density at radius 1 is 1.04 bits per heavy atom. The van der Waals surface area contributed by atoms with Gasteiger partial charge in [0.05, 0.1) is 0 Å². The van der Waals surface area contributed by atoms with Crippen LogP contribution in [0.2, 0.25) is 0 Å². The van der Waals surface area contributed by atoms with Crippen molar-refractivity contribution < 1.29 is 19.4 Å². The first-order valence-corrected chi connectivity index (χ1v) is 10.1. The number of carbonyl (C=O) groups excluding carboxylic acids is 1.